The smallest absolute Gasteiger partial charge is 0.0781 e. The van der Waals surface area contributed by atoms with E-state index in [1.165, 1.54) is 19.3 Å². The van der Waals surface area contributed by atoms with E-state index in [-0.39, 0.29) is 6.04 Å². The van der Waals surface area contributed by atoms with E-state index in [1.807, 2.05) is 12.1 Å². The van der Waals surface area contributed by atoms with Crippen molar-refractivity contribution in [3.05, 3.63) is 32.8 Å². The standard InChI is InChI=1S/C16H18Cl3N/c1-7(10-4-5-11(17)15(19)14(10)18)20-16-12-8-2-3-9(6-8)13(12)16/h4-5,7-9,12-13,16,20H,2-3,6H2,1H3. The van der Waals surface area contributed by atoms with Crippen molar-refractivity contribution in [1.29, 1.82) is 0 Å². The molecule has 1 aromatic rings. The zero-order valence-electron chi connectivity index (χ0n) is 11.4. The van der Waals surface area contributed by atoms with Gasteiger partial charge in [-0.05, 0) is 61.5 Å². The Labute approximate surface area is 135 Å². The van der Waals surface area contributed by atoms with Gasteiger partial charge < -0.3 is 5.32 Å². The maximum absolute atomic E-state index is 6.33. The first kappa shape index (κ1) is 13.7. The molecular formula is C16H18Cl3N. The molecule has 1 aromatic carbocycles. The van der Waals surface area contributed by atoms with Crippen LogP contribution < -0.4 is 5.32 Å². The van der Waals surface area contributed by atoms with Gasteiger partial charge in [0, 0.05) is 12.1 Å². The van der Waals surface area contributed by atoms with Crippen molar-refractivity contribution < 1.29 is 0 Å². The molecule has 4 heteroatoms. The Morgan fingerprint density at radius 2 is 1.70 bits per heavy atom. The summed E-state index contributed by atoms with van der Waals surface area (Å²) < 4.78 is 0. The van der Waals surface area contributed by atoms with Gasteiger partial charge in [-0.15, -0.1) is 0 Å². The summed E-state index contributed by atoms with van der Waals surface area (Å²) in [5.41, 5.74) is 1.05. The van der Waals surface area contributed by atoms with Crippen LogP contribution in [0.1, 0.15) is 37.8 Å². The number of halogens is 3. The van der Waals surface area contributed by atoms with Crippen LogP contribution in [0.25, 0.3) is 0 Å². The van der Waals surface area contributed by atoms with Gasteiger partial charge in [0.25, 0.3) is 0 Å². The lowest BCUT2D eigenvalue weighted by atomic mass is 10.0. The van der Waals surface area contributed by atoms with Crippen molar-refractivity contribution >= 4 is 34.8 Å². The molecule has 1 nitrogen and oxygen atoms in total. The SMILES string of the molecule is CC(NC1C2C3CCC(C3)C12)c1ccc(Cl)c(Cl)c1Cl. The highest BCUT2D eigenvalue weighted by Crippen LogP contribution is 2.66. The largest absolute Gasteiger partial charge is 0.307 e. The van der Waals surface area contributed by atoms with Crippen LogP contribution in [0, 0.1) is 23.7 Å². The number of fused-ring (bicyclic) bond motifs is 5. The molecule has 5 atom stereocenters. The summed E-state index contributed by atoms with van der Waals surface area (Å²) in [5, 5.41) is 5.36. The number of hydrogen-bond acceptors (Lipinski definition) is 1. The average molecular weight is 331 g/mol. The molecule has 3 saturated carbocycles. The molecule has 3 aliphatic carbocycles. The minimum Gasteiger partial charge on any atom is -0.307 e. The van der Waals surface area contributed by atoms with Crippen LogP contribution in [0.15, 0.2) is 12.1 Å². The molecule has 0 saturated heterocycles. The third-order valence-corrected chi connectivity index (χ3v) is 7.02. The molecule has 0 spiro atoms. The van der Waals surface area contributed by atoms with Crippen LogP contribution in [-0.2, 0) is 0 Å². The molecular weight excluding hydrogens is 313 g/mol. The number of benzene rings is 1. The van der Waals surface area contributed by atoms with Gasteiger partial charge in [-0.3, -0.25) is 0 Å². The molecule has 0 aromatic heterocycles. The average Bonchev–Trinajstić information content (AvgIpc) is 2.83. The number of rotatable bonds is 3. The zero-order valence-corrected chi connectivity index (χ0v) is 13.6. The molecule has 20 heavy (non-hydrogen) atoms. The van der Waals surface area contributed by atoms with E-state index >= 15 is 0 Å². The van der Waals surface area contributed by atoms with Crippen LogP contribution in [0.5, 0.6) is 0 Å². The van der Waals surface area contributed by atoms with E-state index in [0.717, 1.165) is 29.2 Å². The second-order valence-corrected chi connectivity index (χ2v) is 7.83. The highest BCUT2D eigenvalue weighted by molar-refractivity contribution is 6.48. The summed E-state index contributed by atoms with van der Waals surface area (Å²) in [7, 11) is 0. The van der Waals surface area contributed by atoms with E-state index in [4.69, 9.17) is 34.8 Å². The molecule has 3 aliphatic rings. The van der Waals surface area contributed by atoms with Crippen molar-refractivity contribution in [2.75, 3.05) is 0 Å². The minimum atomic E-state index is 0.229. The topological polar surface area (TPSA) is 12.0 Å². The Morgan fingerprint density at radius 3 is 2.35 bits per heavy atom. The fraction of sp³-hybridized carbons (Fsp3) is 0.625. The van der Waals surface area contributed by atoms with Gasteiger partial charge in [0.2, 0.25) is 0 Å². The maximum atomic E-state index is 6.33. The second-order valence-electron chi connectivity index (χ2n) is 6.67. The first-order valence-corrected chi connectivity index (χ1v) is 8.60. The quantitative estimate of drug-likeness (QED) is 0.737. The predicted octanol–water partition coefficient (Wildman–Crippen LogP) is 5.34. The first-order valence-electron chi connectivity index (χ1n) is 7.47. The maximum Gasteiger partial charge on any atom is 0.0781 e. The molecule has 0 aliphatic heterocycles. The fourth-order valence-corrected chi connectivity index (χ4v) is 5.51. The lowest BCUT2D eigenvalue weighted by Gasteiger charge is -2.19. The van der Waals surface area contributed by atoms with Crippen LogP contribution in [0.2, 0.25) is 15.1 Å². The summed E-state index contributed by atoms with van der Waals surface area (Å²) in [6.45, 7) is 2.17. The molecule has 4 rings (SSSR count). The molecule has 0 amide bonds. The van der Waals surface area contributed by atoms with Gasteiger partial charge in [0.1, 0.15) is 0 Å². The van der Waals surface area contributed by atoms with Crippen molar-refractivity contribution in [1.82, 2.24) is 5.32 Å². The molecule has 3 fully saturated rings. The fourth-order valence-electron chi connectivity index (χ4n) is 4.80. The van der Waals surface area contributed by atoms with E-state index < -0.39 is 0 Å². The lowest BCUT2D eigenvalue weighted by molar-refractivity contribution is 0.433. The van der Waals surface area contributed by atoms with Gasteiger partial charge in [0.05, 0.1) is 15.1 Å². The van der Waals surface area contributed by atoms with Gasteiger partial charge in [-0.25, -0.2) is 0 Å². The van der Waals surface area contributed by atoms with Gasteiger partial charge in [-0.1, -0.05) is 40.9 Å². The summed E-state index contributed by atoms with van der Waals surface area (Å²) in [6.07, 6.45) is 4.38. The first-order chi connectivity index (χ1) is 9.58. The van der Waals surface area contributed by atoms with Crippen LogP contribution in [-0.4, -0.2) is 6.04 Å². The summed E-state index contributed by atoms with van der Waals surface area (Å²) in [4.78, 5) is 0. The van der Waals surface area contributed by atoms with E-state index in [2.05, 4.69) is 12.2 Å². The van der Waals surface area contributed by atoms with Crippen LogP contribution in [0.4, 0.5) is 0 Å². The Bertz CT molecular complexity index is 543. The highest BCUT2D eigenvalue weighted by Gasteiger charge is 2.64. The molecule has 0 heterocycles. The Morgan fingerprint density at radius 1 is 1.05 bits per heavy atom. The Hall–Kier alpha value is 0.0500. The molecule has 108 valence electrons. The molecule has 1 N–H and O–H groups in total. The third kappa shape index (κ3) is 1.94. The van der Waals surface area contributed by atoms with Crippen molar-refractivity contribution in [3.8, 4) is 0 Å². The van der Waals surface area contributed by atoms with Crippen LogP contribution in [0.3, 0.4) is 0 Å². The normalized spacial score (nSPS) is 38.9. The Balaban J connectivity index is 1.49. The number of nitrogens with one attached hydrogen (secondary N) is 1. The summed E-state index contributed by atoms with van der Waals surface area (Å²) >= 11 is 18.5. The highest BCUT2D eigenvalue weighted by atomic mass is 35.5. The van der Waals surface area contributed by atoms with Gasteiger partial charge in [0.15, 0.2) is 0 Å². The van der Waals surface area contributed by atoms with Crippen molar-refractivity contribution in [2.24, 2.45) is 23.7 Å². The van der Waals surface area contributed by atoms with Gasteiger partial charge in [-0.2, -0.15) is 0 Å². The summed E-state index contributed by atoms with van der Waals surface area (Å²) in [5.74, 6) is 3.83. The molecule has 0 radical (unpaired) electrons. The van der Waals surface area contributed by atoms with Crippen LogP contribution >= 0.6 is 34.8 Å². The van der Waals surface area contributed by atoms with Crippen molar-refractivity contribution in [3.63, 3.8) is 0 Å². The minimum absolute atomic E-state index is 0.229. The zero-order chi connectivity index (χ0) is 14.0. The second kappa shape index (κ2) is 4.78. The lowest BCUT2D eigenvalue weighted by Crippen LogP contribution is -2.26. The van der Waals surface area contributed by atoms with E-state index in [1.54, 1.807) is 0 Å². The third-order valence-electron chi connectivity index (χ3n) is 5.71. The molecule has 2 bridgehead atoms. The summed E-state index contributed by atoms with van der Waals surface area (Å²) in [6, 6.07) is 4.75. The van der Waals surface area contributed by atoms with Crippen molar-refractivity contribution in [2.45, 2.75) is 38.3 Å². The number of hydrogen-bond donors (Lipinski definition) is 1. The monoisotopic (exact) mass is 329 g/mol. The predicted molar refractivity (Wildman–Crippen MR) is 84.6 cm³/mol. The van der Waals surface area contributed by atoms with Gasteiger partial charge >= 0.3 is 0 Å². The van der Waals surface area contributed by atoms with E-state index in [9.17, 15) is 0 Å². The molecule has 5 unspecified atom stereocenters. The van der Waals surface area contributed by atoms with E-state index in [0.29, 0.717) is 21.1 Å². The Kier molecular flexibility index (Phi) is 3.27.